The minimum absolute atomic E-state index is 0.104. The van der Waals surface area contributed by atoms with Crippen molar-refractivity contribution >= 4 is 28.7 Å². The first-order valence-corrected chi connectivity index (χ1v) is 12.8. The molecule has 3 aliphatic rings. The highest BCUT2D eigenvalue weighted by Gasteiger charge is 2.58. The molecule has 0 bridgehead atoms. The van der Waals surface area contributed by atoms with Crippen LogP contribution in [0.2, 0.25) is 0 Å². The average Bonchev–Trinajstić information content (AvgIpc) is 3.33. The van der Waals surface area contributed by atoms with Crippen LogP contribution in [0.1, 0.15) is 60.9 Å². The average molecular weight is 482 g/mol. The number of hydrogen-bond donors (Lipinski definition) is 4. The molecular weight excluding hydrogens is 450 g/mol. The van der Waals surface area contributed by atoms with E-state index in [4.69, 9.17) is 0 Å². The Labute approximate surface area is 203 Å². The predicted octanol–water partition coefficient (Wildman–Crippen LogP) is 4.70. The Morgan fingerprint density at radius 3 is 2.88 bits per heavy atom. The molecular formula is C26H31N3O4S. The SMILES string of the molecule is Cc1cnc(NC(=O)CC[C@@H]2C(C=O)=C(NO)[C@@]3(C)CCC4c5ccc(O)cc5CCC4C23)s1. The summed E-state index contributed by atoms with van der Waals surface area (Å²) < 4.78 is 0. The number of rotatable bonds is 6. The molecule has 4 N–H and O–H groups in total. The van der Waals surface area contributed by atoms with Gasteiger partial charge in [-0.3, -0.25) is 20.3 Å². The maximum Gasteiger partial charge on any atom is 0.226 e. The van der Waals surface area contributed by atoms with Gasteiger partial charge in [0.1, 0.15) is 12.0 Å². The molecule has 7 nitrogen and oxygen atoms in total. The Hall–Kier alpha value is -2.71. The molecule has 0 aliphatic heterocycles. The van der Waals surface area contributed by atoms with E-state index in [9.17, 15) is 19.9 Å². The first kappa shape index (κ1) is 23.1. The molecule has 0 radical (unpaired) electrons. The second kappa shape index (κ2) is 8.82. The largest absolute Gasteiger partial charge is 0.508 e. The normalized spacial score (nSPS) is 29.7. The minimum atomic E-state index is -0.339. The van der Waals surface area contributed by atoms with Gasteiger partial charge in [0.05, 0.1) is 5.70 Å². The zero-order valence-corrected chi connectivity index (χ0v) is 20.3. The first-order chi connectivity index (χ1) is 16.4. The number of phenols is 1. The van der Waals surface area contributed by atoms with E-state index in [1.807, 2.05) is 13.0 Å². The molecule has 1 saturated carbocycles. The van der Waals surface area contributed by atoms with E-state index >= 15 is 0 Å². The number of phenolic OH excluding ortho intramolecular Hbond substituents is 1. The number of amides is 1. The highest BCUT2D eigenvalue weighted by atomic mass is 32.1. The summed E-state index contributed by atoms with van der Waals surface area (Å²) >= 11 is 1.44. The number of fused-ring (bicyclic) bond motifs is 5. The van der Waals surface area contributed by atoms with Crippen LogP contribution in [0.3, 0.4) is 0 Å². The van der Waals surface area contributed by atoms with E-state index in [0.717, 1.165) is 36.8 Å². The number of nitrogens with one attached hydrogen (secondary N) is 2. The zero-order valence-electron chi connectivity index (χ0n) is 19.5. The van der Waals surface area contributed by atoms with Crippen molar-refractivity contribution in [3.63, 3.8) is 0 Å². The minimum Gasteiger partial charge on any atom is -0.508 e. The summed E-state index contributed by atoms with van der Waals surface area (Å²) in [4.78, 5) is 30.2. The van der Waals surface area contributed by atoms with Gasteiger partial charge in [-0.25, -0.2) is 4.98 Å². The number of benzene rings is 1. The van der Waals surface area contributed by atoms with Gasteiger partial charge in [0, 0.05) is 28.5 Å². The quantitative estimate of drug-likeness (QED) is 0.352. The predicted molar refractivity (Wildman–Crippen MR) is 130 cm³/mol. The number of allylic oxidation sites excluding steroid dienone is 2. The molecule has 1 fully saturated rings. The van der Waals surface area contributed by atoms with Gasteiger partial charge in [-0.05, 0) is 86.0 Å². The van der Waals surface area contributed by atoms with Gasteiger partial charge in [-0.2, -0.15) is 0 Å². The number of aromatic hydroxyl groups is 1. The van der Waals surface area contributed by atoms with E-state index < -0.39 is 0 Å². The van der Waals surface area contributed by atoms with Crippen molar-refractivity contribution < 1.29 is 19.9 Å². The van der Waals surface area contributed by atoms with Crippen molar-refractivity contribution in [1.82, 2.24) is 10.5 Å². The Kier molecular flexibility index (Phi) is 5.98. The van der Waals surface area contributed by atoms with Crippen LogP contribution in [0.25, 0.3) is 0 Å². The number of hydroxylamine groups is 1. The van der Waals surface area contributed by atoms with Crippen molar-refractivity contribution in [2.24, 2.45) is 23.2 Å². The Bertz CT molecular complexity index is 1160. The molecule has 2 aromatic rings. The summed E-state index contributed by atoms with van der Waals surface area (Å²) in [5, 5.41) is 23.5. The van der Waals surface area contributed by atoms with Crippen LogP contribution < -0.4 is 10.8 Å². The molecule has 180 valence electrons. The fourth-order valence-electron chi connectivity index (χ4n) is 7.12. The van der Waals surface area contributed by atoms with Crippen molar-refractivity contribution in [3.8, 4) is 5.75 Å². The number of aldehydes is 1. The fraction of sp³-hybridized carbons (Fsp3) is 0.500. The van der Waals surface area contributed by atoms with Crippen molar-refractivity contribution in [3.05, 3.63) is 51.7 Å². The third kappa shape index (κ3) is 3.73. The highest BCUT2D eigenvalue weighted by molar-refractivity contribution is 7.15. The van der Waals surface area contributed by atoms with E-state index in [2.05, 4.69) is 28.8 Å². The first-order valence-electron chi connectivity index (χ1n) is 12.0. The van der Waals surface area contributed by atoms with Crippen LogP contribution in [-0.2, 0) is 16.0 Å². The number of aryl methyl sites for hydroxylation is 2. The molecule has 5 rings (SSSR count). The van der Waals surface area contributed by atoms with Crippen LogP contribution in [-0.4, -0.2) is 27.5 Å². The van der Waals surface area contributed by atoms with Gasteiger partial charge < -0.3 is 10.4 Å². The lowest BCUT2D eigenvalue weighted by Gasteiger charge is -2.51. The summed E-state index contributed by atoms with van der Waals surface area (Å²) in [6.45, 7) is 4.10. The van der Waals surface area contributed by atoms with E-state index in [0.29, 0.717) is 40.4 Å². The summed E-state index contributed by atoms with van der Waals surface area (Å²) in [5.41, 5.74) is 5.79. The molecule has 0 spiro atoms. The van der Waals surface area contributed by atoms with Gasteiger partial charge in [-0.15, -0.1) is 11.3 Å². The molecule has 5 atom stereocenters. The van der Waals surface area contributed by atoms with Gasteiger partial charge in [-0.1, -0.05) is 13.0 Å². The van der Waals surface area contributed by atoms with Crippen molar-refractivity contribution in [2.75, 3.05) is 5.32 Å². The molecule has 3 aliphatic carbocycles. The smallest absolute Gasteiger partial charge is 0.226 e. The van der Waals surface area contributed by atoms with Crippen LogP contribution in [0.5, 0.6) is 5.75 Å². The standard InChI is InChI=1S/C26H31N3O4S/c1-14-12-27-25(34-14)28-22(32)8-7-20-21(13-30)24(29-33)26(2)10-9-18-17-6-4-16(31)11-15(17)3-5-19(18)23(20)26/h4,6,11-13,18-20,23,29,31,33H,3,5,7-10H2,1-2H3,(H,27,28,32)/t18?,19?,20-,23?,26+/m1/s1. The van der Waals surface area contributed by atoms with E-state index in [-0.39, 0.29) is 29.6 Å². The van der Waals surface area contributed by atoms with Crippen LogP contribution in [0.15, 0.2) is 35.7 Å². The topological polar surface area (TPSA) is 112 Å². The lowest BCUT2D eigenvalue weighted by molar-refractivity contribution is -0.116. The maximum atomic E-state index is 12.7. The summed E-state index contributed by atoms with van der Waals surface area (Å²) in [7, 11) is 0. The molecule has 8 heteroatoms. The number of aromatic nitrogens is 1. The molecule has 1 aromatic carbocycles. The zero-order chi connectivity index (χ0) is 24.0. The molecule has 1 heterocycles. The molecule has 34 heavy (non-hydrogen) atoms. The van der Waals surface area contributed by atoms with Crippen molar-refractivity contribution in [2.45, 2.75) is 58.3 Å². The number of carbonyl (C=O) groups excluding carboxylic acids is 2. The lowest BCUT2D eigenvalue weighted by atomic mass is 9.53. The molecule has 1 amide bonds. The maximum absolute atomic E-state index is 12.7. The van der Waals surface area contributed by atoms with E-state index in [1.54, 1.807) is 12.3 Å². The number of carbonyl (C=O) groups is 2. The number of hydrogen-bond acceptors (Lipinski definition) is 7. The molecule has 0 saturated heterocycles. The summed E-state index contributed by atoms with van der Waals surface area (Å²) in [6.07, 6.45) is 7.09. The molecule has 1 aromatic heterocycles. The third-order valence-corrected chi connectivity index (χ3v) is 9.27. The third-order valence-electron chi connectivity index (χ3n) is 8.44. The number of nitrogens with zero attached hydrogens (tertiary/aromatic N) is 1. The highest BCUT2D eigenvalue weighted by Crippen LogP contribution is 2.64. The van der Waals surface area contributed by atoms with Crippen molar-refractivity contribution in [1.29, 1.82) is 0 Å². The Morgan fingerprint density at radius 2 is 2.18 bits per heavy atom. The van der Waals surface area contributed by atoms with Crippen LogP contribution >= 0.6 is 11.3 Å². The second-order valence-electron chi connectivity index (χ2n) is 10.2. The number of thiazole rings is 1. The van der Waals surface area contributed by atoms with E-state index in [1.165, 1.54) is 22.5 Å². The van der Waals surface area contributed by atoms with Crippen LogP contribution in [0.4, 0.5) is 5.13 Å². The second-order valence-corrected chi connectivity index (χ2v) is 11.4. The lowest BCUT2D eigenvalue weighted by Crippen LogP contribution is -2.45. The van der Waals surface area contributed by atoms with Gasteiger partial charge in [0.25, 0.3) is 0 Å². The fourth-order valence-corrected chi connectivity index (χ4v) is 7.80. The van der Waals surface area contributed by atoms with Gasteiger partial charge in [0.15, 0.2) is 5.13 Å². The number of anilines is 1. The monoisotopic (exact) mass is 481 g/mol. The Balaban J connectivity index is 1.42. The molecule has 3 unspecified atom stereocenters. The van der Waals surface area contributed by atoms with Crippen LogP contribution in [0, 0.1) is 30.1 Å². The summed E-state index contributed by atoms with van der Waals surface area (Å²) in [6, 6.07) is 5.70. The van der Waals surface area contributed by atoms with Gasteiger partial charge in [0.2, 0.25) is 5.91 Å². The van der Waals surface area contributed by atoms with Gasteiger partial charge >= 0.3 is 0 Å². The summed E-state index contributed by atoms with van der Waals surface area (Å²) in [5.74, 6) is 0.929. The Morgan fingerprint density at radius 1 is 1.35 bits per heavy atom.